The van der Waals surface area contributed by atoms with Crippen molar-refractivity contribution in [1.82, 2.24) is 19.8 Å². The fourth-order valence-electron chi connectivity index (χ4n) is 2.31. The standard InChI is InChI=1S/C16H12BrN5OS/c1-23-13-5-3-2-4-12(13)18-15-21-22-14(19-20-16(22)24-15)10-6-8-11(17)9-7-10/h2-9H,1H3,(H,18,21). The lowest BCUT2D eigenvalue weighted by molar-refractivity contribution is 0.417. The van der Waals surface area contributed by atoms with Crippen molar-refractivity contribution in [2.24, 2.45) is 0 Å². The van der Waals surface area contributed by atoms with Crippen LogP contribution >= 0.6 is 27.3 Å². The Balaban J connectivity index is 1.70. The molecule has 1 N–H and O–H groups in total. The number of hydrogen-bond donors (Lipinski definition) is 1. The van der Waals surface area contributed by atoms with E-state index in [1.54, 1.807) is 11.6 Å². The van der Waals surface area contributed by atoms with E-state index in [4.69, 9.17) is 4.74 Å². The van der Waals surface area contributed by atoms with Gasteiger partial charge in [-0.1, -0.05) is 51.5 Å². The van der Waals surface area contributed by atoms with Gasteiger partial charge in [0, 0.05) is 10.0 Å². The molecule has 0 saturated carbocycles. The third-order valence-electron chi connectivity index (χ3n) is 3.44. The average molecular weight is 402 g/mol. The predicted octanol–water partition coefficient (Wildman–Crippen LogP) is 4.37. The fraction of sp³-hybridized carbons (Fsp3) is 0.0625. The van der Waals surface area contributed by atoms with Gasteiger partial charge in [0.2, 0.25) is 10.1 Å². The van der Waals surface area contributed by atoms with Gasteiger partial charge in [-0.3, -0.25) is 0 Å². The van der Waals surface area contributed by atoms with Crippen molar-refractivity contribution in [2.75, 3.05) is 12.4 Å². The van der Waals surface area contributed by atoms with Gasteiger partial charge in [-0.25, -0.2) is 0 Å². The zero-order valence-electron chi connectivity index (χ0n) is 12.6. The molecule has 0 aliphatic heterocycles. The molecule has 2 aromatic heterocycles. The molecule has 120 valence electrons. The van der Waals surface area contributed by atoms with E-state index in [1.807, 2.05) is 48.5 Å². The van der Waals surface area contributed by atoms with E-state index in [-0.39, 0.29) is 0 Å². The number of para-hydroxylation sites is 2. The first kappa shape index (κ1) is 15.1. The van der Waals surface area contributed by atoms with Gasteiger partial charge >= 0.3 is 0 Å². The van der Waals surface area contributed by atoms with Gasteiger partial charge in [-0.2, -0.15) is 4.52 Å². The van der Waals surface area contributed by atoms with Crippen LogP contribution in [0.1, 0.15) is 0 Å². The Kier molecular flexibility index (Phi) is 3.91. The molecule has 0 radical (unpaired) electrons. The highest BCUT2D eigenvalue weighted by Crippen LogP contribution is 2.30. The number of nitrogens with zero attached hydrogens (tertiary/aromatic N) is 4. The molecule has 4 rings (SSSR count). The van der Waals surface area contributed by atoms with Gasteiger partial charge in [-0.15, -0.1) is 15.3 Å². The molecule has 0 spiro atoms. The van der Waals surface area contributed by atoms with Crippen LogP contribution in [0.2, 0.25) is 0 Å². The molecule has 2 heterocycles. The van der Waals surface area contributed by atoms with Crippen LogP contribution < -0.4 is 10.1 Å². The summed E-state index contributed by atoms with van der Waals surface area (Å²) in [5.74, 6) is 1.47. The molecule has 0 atom stereocenters. The Bertz CT molecular complexity index is 995. The van der Waals surface area contributed by atoms with E-state index in [1.165, 1.54) is 11.3 Å². The zero-order chi connectivity index (χ0) is 16.5. The number of hydrogen-bond acceptors (Lipinski definition) is 6. The number of halogens is 1. The summed E-state index contributed by atoms with van der Waals surface area (Å²) in [5.41, 5.74) is 1.81. The monoisotopic (exact) mass is 401 g/mol. The molecule has 0 amide bonds. The highest BCUT2D eigenvalue weighted by Gasteiger charge is 2.14. The van der Waals surface area contributed by atoms with E-state index in [9.17, 15) is 0 Å². The summed E-state index contributed by atoms with van der Waals surface area (Å²) in [6.07, 6.45) is 0. The van der Waals surface area contributed by atoms with Gasteiger partial charge in [0.05, 0.1) is 12.8 Å². The van der Waals surface area contributed by atoms with Crippen LogP contribution in [0.15, 0.2) is 53.0 Å². The number of fused-ring (bicyclic) bond motifs is 1. The Labute approximate surface area is 150 Å². The van der Waals surface area contributed by atoms with Gasteiger partial charge in [0.15, 0.2) is 5.82 Å². The summed E-state index contributed by atoms with van der Waals surface area (Å²) in [4.78, 5) is 0.727. The zero-order valence-corrected chi connectivity index (χ0v) is 15.0. The number of nitrogens with one attached hydrogen (secondary N) is 1. The summed E-state index contributed by atoms with van der Waals surface area (Å²) >= 11 is 4.87. The van der Waals surface area contributed by atoms with Gasteiger partial charge < -0.3 is 10.1 Å². The quantitative estimate of drug-likeness (QED) is 0.549. The van der Waals surface area contributed by atoms with Crippen LogP contribution in [0, 0.1) is 0 Å². The topological polar surface area (TPSA) is 64.3 Å². The number of ether oxygens (including phenoxy) is 1. The van der Waals surface area contributed by atoms with E-state index in [0.717, 1.165) is 31.6 Å². The van der Waals surface area contributed by atoms with Crippen molar-refractivity contribution < 1.29 is 4.74 Å². The first-order valence-corrected chi connectivity index (χ1v) is 8.74. The molecule has 6 nitrogen and oxygen atoms in total. The number of rotatable bonds is 4. The second-order valence-electron chi connectivity index (χ2n) is 4.96. The van der Waals surface area contributed by atoms with Gasteiger partial charge in [0.25, 0.3) is 0 Å². The Morgan fingerprint density at radius 1 is 1.08 bits per heavy atom. The molecular formula is C16H12BrN5OS. The molecule has 0 bridgehead atoms. The predicted molar refractivity (Wildman–Crippen MR) is 98.1 cm³/mol. The largest absolute Gasteiger partial charge is 0.495 e. The molecule has 24 heavy (non-hydrogen) atoms. The molecule has 0 fully saturated rings. The Morgan fingerprint density at radius 3 is 2.67 bits per heavy atom. The van der Waals surface area contributed by atoms with Gasteiger partial charge in [0.1, 0.15) is 5.75 Å². The number of benzene rings is 2. The fourth-order valence-corrected chi connectivity index (χ4v) is 3.33. The van der Waals surface area contributed by atoms with Crippen LogP contribution in [0.3, 0.4) is 0 Å². The van der Waals surface area contributed by atoms with Crippen LogP contribution in [0.5, 0.6) is 5.75 Å². The lowest BCUT2D eigenvalue weighted by atomic mass is 10.2. The lowest BCUT2D eigenvalue weighted by Gasteiger charge is -2.07. The Hall–Kier alpha value is -2.45. The van der Waals surface area contributed by atoms with Crippen molar-refractivity contribution in [2.45, 2.75) is 0 Å². The van der Waals surface area contributed by atoms with Crippen molar-refractivity contribution in [3.05, 3.63) is 53.0 Å². The highest BCUT2D eigenvalue weighted by atomic mass is 79.9. The molecule has 0 unspecified atom stereocenters. The van der Waals surface area contributed by atoms with Crippen LogP contribution in [0.4, 0.5) is 10.8 Å². The first-order valence-electron chi connectivity index (χ1n) is 7.13. The van der Waals surface area contributed by atoms with Crippen molar-refractivity contribution in [3.8, 4) is 17.1 Å². The summed E-state index contributed by atoms with van der Waals surface area (Å²) in [6.45, 7) is 0. The van der Waals surface area contributed by atoms with E-state index in [2.05, 4.69) is 36.5 Å². The SMILES string of the molecule is COc1ccccc1Nc1nn2c(-c3ccc(Br)cc3)nnc2s1. The molecule has 8 heteroatoms. The highest BCUT2D eigenvalue weighted by molar-refractivity contribution is 9.10. The Morgan fingerprint density at radius 2 is 1.88 bits per heavy atom. The average Bonchev–Trinajstić information content (AvgIpc) is 3.16. The molecule has 0 aliphatic rings. The van der Waals surface area contributed by atoms with E-state index < -0.39 is 0 Å². The molecule has 0 saturated heterocycles. The van der Waals surface area contributed by atoms with E-state index >= 15 is 0 Å². The second-order valence-corrected chi connectivity index (χ2v) is 6.83. The van der Waals surface area contributed by atoms with Crippen molar-refractivity contribution in [1.29, 1.82) is 0 Å². The minimum atomic E-state index is 0.710. The number of methoxy groups -OCH3 is 1. The molecule has 0 aliphatic carbocycles. The summed E-state index contributed by atoms with van der Waals surface area (Å²) < 4.78 is 8.11. The maximum Gasteiger partial charge on any atom is 0.236 e. The molecule has 4 aromatic rings. The van der Waals surface area contributed by atoms with Crippen molar-refractivity contribution in [3.63, 3.8) is 0 Å². The third-order valence-corrected chi connectivity index (χ3v) is 4.78. The smallest absolute Gasteiger partial charge is 0.236 e. The summed E-state index contributed by atoms with van der Waals surface area (Å²) in [6, 6.07) is 15.6. The third kappa shape index (κ3) is 2.74. The maximum absolute atomic E-state index is 5.35. The molecule has 2 aromatic carbocycles. The minimum absolute atomic E-state index is 0.710. The van der Waals surface area contributed by atoms with Crippen LogP contribution in [0.25, 0.3) is 16.3 Å². The summed E-state index contributed by atoms with van der Waals surface area (Å²) in [7, 11) is 1.64. The first-order chi connectivity index (χ1) is 11.7. The van der Waals surface area contributed by atoms with Crippen LogP contribution in [-0.2, 0) is 0 Å². The van der Waals surface area contributed by atoms with E-state index in [0.29, 0.717) is 5.82 Å². The normalized spacial score (nSPS) is 10.9. The van der Waals surface area contributed by atoms with Crippen molar-refractivity contribution >= 4 is 43.0 Å². The molecular weight excluding hydrogens is 390 g/mol. The number of anilines is 2. The minimum Gasteiger partial charge on any atom is -0.495 e. The van der Waals surface area contributed by atoms with Crippen LogP contribution in [-0.4, -0.2) is 26.9 Å². The van der Waals surface area contributed by atoms with Gasteiger partial charge in [-0.05, 0) is 24.3 Å². The second kappa shape index (κ2) is 6.21. The lowest BCUT2D eigenvalue weighted by Crippen LogP contribution is -1.96. The number of aromatic nitrogens is 4. The summed E-state index contributed by atoms with van der Waals surface area (Å²) in [5, 5.41) is 17.0. The maximum atomic E-state index is 5.35.